The fourth-order valence-corrected chi connectivity index (χ4v) is 2.60. The van der Waals surface area contributed by atoms with Gasteiger partial charge in [-0.2, -0.15) is 0 Å². The number of pyridine rings is 1. The van der Waals surface area contributed by atoms with Crippen molar-refractivity contribution < 1.29 is 9.90 Å². The number of aromatic nitrogens is 1. The van der Waals surface area contributed by atoms with Crippen molar-refractivity contribution in [1.29, 1.82) is 0 Å². The minimum atomic E-state index is -0.948. The van der Waals surface area contributed by atoms with Gasteiger partial charge < -0.3 is 5.11 Å². The first-order chi connectivity index (χ1) is 8.97. The molecule has 1 N–H and O–H groups in total. The SMILES string of the molecule is O=C(O)Cc1ccnc(Cl)c1-c1cc(Cl)cc(Cl)c1. The summed E-state index contributed by atoms with van der Waals surface area (Å²) in [4.78, 5) is 14.9. The van der Waals surface area contributed by atoms with E-state index in [2.05, 4.69) is 4.98 Å². The number of carboxylic acids is 1. The lowest BCUT2D eigenvalue weighted by molar-refractivity contribution is -0.136. The Balaban J connectivity index is 2.62. The fourth-order valence-electron chi connectivity index (χ4n) is 1.79. The molecule has 1 aromatic heterocycles. The van der Waals surface area contributed by atoms with Gasteiger partial charge in [0.25, 0.3) is 0 Å². The smallest absolute Gasteiger partial charge is 0.307 e. The first-order valence-electron chi connectivity index (χ1n) is 5.29. The minimum Gasteiger partial charge on any atom is -0.481 e. The molecular formula is C13H8Cl3NO2. The molecule has 0 saturated carbocycles. The predicted molar refractivity (Wildman–Crippen MR) is 76.0 cm³/mol. The van der Waals surface area contributed by atoms with Crippen LogP contribution in [0.15, 0.2) is 30.5 Å². The highest BCUT2D eigenvalue weighted by Gasteiger charge is 2.14. The summed E-state index contributed by atoms with van der Waals surface area (Å²) in [5.41, 5.74) is 1.74. The largest absolute Gasteiger partial charge is 0.481 e. The molecule has 0 atom stereocenters. The van der Waals surface area contributed by atoms with E-state index in [4.69, 9.17) is 39.9 Å². The van der Waals surface area contributed by atoms with E-state index in [1.165, 1.54) is 6.20 Å². The van der Waals surface area contributed by atoms with Crippen molar-refractivity contribution in [2.45, 2.75) is 6.42 Å². The third kappa shape index (κ3) is 3.38. The molecule has 19 heavy (non-hydrogen) atoms. The highest BCUT2D eigenvalue weighted by atomic mass is 35.5. The molecule has 0 bridgehead atoms. The van der Waals surface area contributed by atoms with E-state index in [0.29, 0.717) is 26.7 Å². The number of halogens is 3. The fraction of sp³-hybridized carbons (Fsp3) is 0.0769. The molecule has 0 amide bonds. The van der Waals surface area contributed by atoms with Crippen molar-refractivity contribution in [1.82, 2.24) is 4.98 Å². The molecule has 0 spiro atoms. The number of hydrogen-bond acceptors (Lipinski definition) is 2. The minimum absolute atomic E-state index is 0.151. The zero-order valence-electron chi connectivity index (χ0n) is 9.53. The van der Waals surface area contributed by atoms with Crippen molar-refractivity contribution in [2.75, 3.05) is 0 Å². The number of carboxylic acid groups (broad SMARTS) is 1. The third-order valence-electron chi connectivity index (χ3n) is 2.48. The van der Waals surface area contributed by atoms with Crippen LogP contribution in [0.5, 0.6) is 0 Å². The molecule has 98 valence electrons. The molecule has 0 aliphatic carbocycles. The van der Waals surface area contributed by atoms with E-state index in [1.807, 2.05) is 0 Å². The van der Waals surface area contributed by atoms with Crippen LogP contribution in [0.1, 0.15) is 5.56 Å². The summed E-state index contributed by atoms with van der Waals surface area (Å²) in [7, 11) is 0. The molecule has 0 radical (unpaired) electrons. The lowest BCUT2D eigenvalue weighted by Gasteiger charge is -2.10. The molecule has 2 aromatic rings. The summed E-state index contributed by atoms with van der Waals surface area (Å²) in [5.74, 6) is -0.948. The zero-order chi connectivity index (χ0) is 14.0. The van der Waals surface area contributed by atoms with E-state index in [-0.39, 0.29) is 11.6 Å². The first kappa shape index (κ1) is 14.1. The average molecular weight is 317 g/mol. The van der Waals surface area contributed by atoms with Gasteiger partial charge >= 0.3 is 5.97 Å². The van der Waals surface area contributed by atoms with Gasteiger partial charge in [0.1, 0.15) is 5.15 Å². The summed E-state index contributed by atoms with van der Waals surface area (Å²) in [6.45, 7) is 0. The maximum absolute atomic E-state index is 10.9. The van der Waals surface area contributed by atoms with Gasteiger partial charge in [-0.15, -0.1) is 0 Å². The van der Waals surface area contributed by atoms with Gasteiger partial charge in [-0.05, 0) is 35.4 Å². The molecule has 0 saturated heterocycles. The summed E-state index contributed by atoms with van der Waals surface area (Å²) < 4.78 is 0. The highest BCUT2D eigenvalue weighted by molar-refractivity contribution is 6.35. The first-order valence-corrected chi connectivity index (χ1v) is 6.42. The second-order valence-corrected chi connectivity index (χ2v) is 5.10. The molecule has 0 fully saturated rings. The van der Waals surface area contributed by atoms with Crippen LogP contribution < -0.4 is 0 Å². The van der Waals surface area contributed by atoms with Gasteiger partial charge in [-0.1, -0.05) is 34.8 Å². The Morgan fingerprint density at radius 2 is 1.79 bits per heavy atom. The van der Waals surface area contributed by atoms with Crippen molar-refractivity contribution in [3.8, 4) is 11.1 Å². The van der Waals surface area contributed by atoms with Gasteiger partial charge in [-0.3, -0.25) is 4.79 Å². The Bertz CT molecular complexity index is 624. The Morgan fingerprint density at radius 1 is 1.16 bits per heavy atom. The van der Waals surface area contributed by atoms with Gasteiger partial charge in [0.2, 0.25) is 0 Å². The van der Waals surface area contributed by atoms with Gasteiger partial charge in [0, 0.05) is 21.8 Å². The number of hydrogen-bond donors (Lipinski definition) is 1. The average Bonchev–Trinajstić information content (AvgIpc) is 2.26. The topological polar surface area (TPSA) is 50.2 Å². The van der Waals surface area contributed by atoms with E-state index in [9.17, 15) is 4.79 Å². The maximum atomic E-state index is 10.9. The van der Waals surface area contributed by atoms with Crippen LogP contribution >= 0.6 is 34.8 Å². The summed E-state index contributed by atoms with van der Waals surface area (Å²) in [5, 5.41) is 10.0. The van der Waals surface area contributed by atoms with E-state index in [0.717, 1.165) is 0 Å². The van der Waals surface area contributed by atoms with Crippen molar-refractivity contribution in [3.63, 3.8) is 0 Å². The van der Waals surface area contributed by atoms with E-state index >= 15 is 0 Å². The molecule has 6 heteroatoms. The molecule has 0 aliphatic heterocycles. The van der Waals surface area contributed by atoms with Crippen LogP contribution in [-0.4, -0.2) is 16.1 Å². The van der Waals surface area contributed by atoms with Gasteiger partial charge in [0.05, 0.1) is 6.42 Å². The van der Waals surface area contributed by atoms with Crippen molar-refractivity contribution >= 4 is 40.8 Å². The molecular weight excluding hydrogens is 309 g/mol. The Hall–Kier alpha value is -1.29. The molecule has 1 heterocycles. The Labute approximate surface area is 124 Å². The van der Waals surface area contributed by atoms with Crippen LogP contribution in [0, 0.1) is 0 Å². The van der Waals surface area contributed by atoms with Crippen LogP contribution in [0.2, 0.25) is 15.2 Å². The Kier molecular flexibility index (Phi) is 4.30. The van der Waals surface area contributed by atoms with Crippen molar-refractivity contribution in [2.24, 2.45) is 0 Å². The summed E-state index contributed by atoms with van der Waals surface area (Å²) in [6.07, 6.45) is 1.32. The quantitative estimate of drug-likeness (QED) is 0.857. The molecule has 0 unspecified atom stereocenters. The molecule has 2 rings (SSSR count). The number of aliphatic carboxylic acids is 1. The molecule has 0 aliphatic rings. The Morgan fingerprint density at radius 3 is 2.37 bits per heavy atom. The predicted octanol–water partition coefficient (Wildman–Crippen LogP) is 4.34. The van der Waals surface area contributed by atoms with Crippen LogP contribution in [-0.2, 0) is 11.2 Å². The van der Waals surface area contributed by atoms with Gasteiger partial charge in [0.15, 0.2) is 0 Å². The molecule has 1 aromatic carbocycles. The number of carbonyl (C=O) groups is 1. The van der Waals surface area contributed by atoms with Crippen LogP contribution in [0.4, 0.5) is 0 Å². The third-order valence-corrected chi connectivity index (χ3v) is 3.21. The normalized spacial score (nSPS) is 10.5. The number of benzene rings is 1. The van der Waals surface area contributed by atoms with Crippen molar-refractivity contribution in [3.05, 3.63) is 51.2 Å². The zero-order valence-corrected chi connectivity index (χ0v) is 11.8. The summed E-state index contributed by atoms with van der Waals surface area (Å²) in [6, 6.07) is 6.54. The summed E-state index contributed by atoms with van der Waals surface area (Å²) >= 11 is 18.0. The second-order valence-electron chi connectivity index (χ2n) is 3.86. The van der Waals surface area contributed by atoms with Gasteiger partial charge in [-0.25, -0.2) is 4.98 Å². The lowest BCUT2D eigenvalue weighted by Crippen LogP contribution is -2.03. The molecule has 3 nitrogen and oxygen atoms in total. The van der Waals surface area contributed by atoms with E-state index < -0.39 is 5.97 Å². The van der Waals surface area contributed by atoms with E-state index in [1.54, 1.807) is 24.3 Å². The monoisotopic (exact) mass is 315 g/mol. The second kappa shape index (κ2) is 5.78. The van der Waals surface area contributed by atoms with Crippen LogP contribution in [0.25, 0.3) is 11.1 Å². The van der Waals surface area contributed by atoms with Crippen LogP contribution in [0.3, 0.4) is 0 Å². The maximum Gasteiger partial charge on any atom is 0.307 e. The number of nitrogens with zero attached hydrogens (tertiary/aromatic N) is 1. The number of rotatable bonds is 3. The highest BCUT2D eigenvalue weighted by Crippen LogP contribution is 2.33. The standard InChI is InChI=1S/C13H8Cl3NO2/c14-9-3-8(4-10(15)6-9)12-7(5-11(18)19)1-2-17-13(12)16/h1-4,6H,5H2,(H,18,19). The lowest BCUT2D eigenvalue weighted by atomic mass is 10.00.